The van der Waals surface area contributed by atoms with Crippen LogP contribution in [0.25, 0.3) is 0 Å². The lowest BCUT2D eigenvalue weighted by Crippen LogP contribution is -2.64. The number of nitrogens with zero attached hydrogens (tertiary/aromatic N) is 2. The maximum absolute atomic E-state index is 13.2. The van der Waals surface area contributed by atoms with Gasteiger partial charge in [-0.15, -0.1) is 0 Å². The monoisotopic (exact) mass is 829 g/mol. The predicted octanol–water partition coefficient (Wildman–Crippen LogP) is 6.45. The van der Waals surface area contributed by atoms with Crippen LogP contribution in [0.2, 0.25) is 0 Å². The van der Waals surface area contributed by atoms with E-state index in [-0.39, 0.29) is 57.6 Å². The topological polar surface area (TPSA) is 174 Å². The molecule has 0 N–H and O–H groups in total. The molecule has 0 unspecified atom stereocenters. The molecular weight excluding hydrogens is 752 g/mol. The molecule has 0 saturated carbocycles. The van der Waals surface area contributed by atoms with Crippen LogP contribution in [0.15, 0.2) is 0 Å². The van der Waals surface area contributed by atoms with Crippen molar-refractivity contribution in [3.63, 3.8) is 0 Å². The third kappa shape index (κ3) is 22.7. The zero-order valence-electron chi connectivity index (χ0n) is 36.9. The third-order valence-corrected chi connectivity index (χ3v) is 10.4. The molecule has 0 bridgehead atoms. The van der Waals surface area contributed by atoms with Crippen molar-refractivity contribution >= 4 is 35.8 Å². The third-order valence-electron chi connectivity index (χ3n) is 10.4. The van der Waals surface area contributed by atoms with Gasteiger partial charge in [-0.25, -0.2) is 0 Å². The van der Waals surface area contributed by atoms with Crippen molar-refractivity contribution in [1.29, 1.82) is 0 Å². The molecule has 0 aliphatic carbocycles. The molecule has 1 rings (SSSR count). The van der Waals surface area contributed by atoms with Gasteiger partial charge in [0.25, 0.3) is 0 Å². The fraction of sp³-hybridized carbons (Fsp3) is 0.860. The summed E-state index contributed by atoms with van der Waals surface area (Å²) < 4.78 is 39.4. The molecule has 0 radical (unpaired) electrons. The summed E-state index contributed by atoms with van der Waals surface area (Å²) in [7, 11) is 2.53. The summed E-state index contributed by atoms with van der Waals surface area (Å²) in [4.78, 5) is 78.4. The molecule has 1 aliphatic heterocycles. The fourth-order valence-corrected chi connectivity index (χ4v) is 7.38. The second kappa shape index (κ2) is 31.6. The van der Waals surface area contributed by atoms with E-state index in [1.807, 2.05) is 4.90 Å². The summed E-state index contributed by atoms with van der Waals surface area (Å²) in [5.74, 6) is -3.19. The quantitative estimate of drug-likeness (QED) is 0.0411. The van der Waals surface area contributed by atoms with Crippen molar-refractivity contribution in [3.8, 4) is 0 Å². The Morgan fingerprint density at radius 3 is 1.43 bits per heavy atom. The molecule has 0 aromatic carbocycles. The largest absolute Gasteiger partial charge is 0.469 e. The SMILES string of the molecule is CCCCCCCCCC(CCCCCCCCC)N(CCO[C@@H]1O[C@H](CN(CCC(=O)OC)CCC(=O)OC)[C@@H](OC(C)=O)[C@H](OC(C)=O)[C@H]1OC(C)=O)C(C)=O. The Balaban J connectivity index is 3.37. The maximum atomic E-state index is 13.2. The summed E-state index contributed by atoms with van der Waals surface area (Å²) in [6, 6.07) is 0.0250. The van der Waals surface area contributed by atoms with Crippen LogP contribution < -0.4 is 0 Å². The normalized spacial score (nSPS) is 19.1. The first-order valence-corrected chi connectivity index (χ1v) is 21.7. The maximum Gasteiger partial charge on any atom is 0.306 e. The molecule has 5 atom stereocenters. The van der Waals surface area contributed by atoms with Gasteiger partial charge in [-0.1, -0.05) is 104 Å². The number of unbranched alkanes of at least 4 members (excludes halogenated alkanes) is 12. The van der Waals surface area contributed by atoms with Gasteiger partial charge in [0.1, 0.15) is 6.10 Å². The van der Waals surface area contributed by atoms with Crippen LogP contribution in [0.5, 0.6) is 0 Å². The van der Waals surface area contributed by atoms with Crippen LogP contribution in [-0.2, 0) is 61.9 Å². The van der Waals surface area contributed by atoms with E-state index in [1.165, 1.54) is 99.2 Å². The van der Waals surface area contributed by atoms with Crippen molar-refractivity contribution in [2.24, 2.45) is 0 Å². The van der Waals surface area contributed by atoms with E-state index in [2.05, 4.69) is 13.8 Å². The second-order valence-electron chi connectivity index (χ2n) is 15.3. The minimum atomic E-state index is -1.34. The van der Waals surface area contributed by atoms with E-state index in [4.69, 9.17) is 33.2 Å². The van der Waals surface area contributed by atoms with E-state index in [1.54, 1.807) is 11.8 Å². The molecule has 0 aromatic rings. The van der Waals surface area contributed by atoms with Gasteiger partial charge in [0, 0.05) is 59.9 Å². The Bertz CT molecular complexity index is 1160. The lowest BCUT2D eigenvalue weighted by atomic mass is 9.97. The highest BCUT2D eigenvalue weighted by atomic mass is 16.7. The first-order valence-electron chi connectivity index (χ1n) is 21.7. The smallest absolute Gasteiger partial charge is 0.306 e. The molecule has 336 valence electrons. The summed E-state index contributed by atoms with van der Waals surface area (Å²) in [5.41, 5.74) is 0. The van der Waals surface area contributed by atoms with E-state index in [0.29, 0.717) is 0 Å². The van der Waals surface area contributed by atoms with Gasteiger partial charge in [0.05, 0.1) is 33.7 Å². The molecule has 15 heteroatoms. The summed E-state index contributed by atoms with van der Waals surface area (Å²) >= 11 is 0. The van der Waals surface area contributed by atoms with Gasteiger partial charge >= 0.3 is 29.8 Å². The first-order chi connectivity index (χ1) is 27.8. The van der Waals surface area contributed by atoms with Crippen LogP contribution in [0.4, 0.5) is 0 Å². The number of ether oxygens (including phenoxy) is 7. The lowest BCUT2D eigenvalue weighted by molar-refractivity contribution is -0.305. The van der Waals surface area contributed by atoms with E-state index >= 15 is 0 Å². The van der Waals surface area contributed by atoms with Crippen LogP contribution in [0.1, 0.15) is 157 Å². The van der Waals surface area contributed by atoms with Crippen LogP contribution in [-0.4, -0.2) is 129 Å². The fourth-order valence-electron chi connectivity index (χ4n) is 7.38. The van der Waals surface area contributed by atoms with Crippen molar-refractivity contribution in [2.75, 3.05) is 47.0 Å². The number of amides is 1. The van der Waals surface area contributed by atoms with Crippen LogP contribution in [0, 0.1) is 0 Å². The number of methoxy groups -OCH3 is 2. The minimum absolute atomic E-state index is 0.00130. The summed E-state index contributed by atoms with van der Waals surface area (Å²) in [6.45, 7) is 10.0. The first kappa shape index (κ1) is 52.7. The van der Waals surface area contributed by atoms with Crippen molar-refractivity contribution in [1.82, 2.24) is 9.80 Å². The number of rotatable bonds is 32. The van der Waals surface area contributed by atoms with Crippen molar-refractivity contribution in [3.05, 3.63) is 0 Å². The molecule has 0 aromatic heterocycles. The van der Waals surface area contributed by atoms with E-state index < -0.39 is 60.6 Å². The van der Waals surface area contributed by atoms with Gasteiger partial charge in [0.2, 0.25) is 5.91 Å². The number of esters is 5. The molecule has 1 heterocycles. The lowest BCUT2D eigenvalue weighted by Gasteiger charge is -2.45. The number of carbonyl (C=O) groups is 6. The average Bonchev–Trinajstić information content (AvgIpc) is 3.17. The molecule has 0 spiro atoms. The standard InChI is InChI=1S/C43H76N2O13/c1-9-11-13-15-17-19-21-23-36(24-22-20-18-16-14-12-10-2)45(32(3)46)29-30-54-43-42(57-35(6)49)41(56-34(5)48)40(55-33(4)47)37(58-43)31-44(27-25-38(50)52-7)28-26-39(51)53-8/h36-37,40-43H,9-31H2,1-8H3/t37-,40-,41+,42-,43-/m1/s1. The highest BCUT2D eigenvalue weighted by Crippen LogP contribution is 2.31. The zero-order valence-corrected chi connectivity index (χ0v) is 36.9. The number of carbonyl (C=O) groups excluding carboxylic acids is 6. The average molecular weight is 829 g/mol. The van der Waals surface area contributed by atoms with Crippen molar-refractivity contribution in [2.45, 2.75) is 194 Å². The second-order valence-corrected chi connectivity index (χ2v) is 15.3. The molecule has 1 fully saturated rings. The highest BCUT2D eigenvalue weighted by Gasteiger charge is 2.52. The van der Waals surface area contributed by atoms with E-state index in [9.17, 15) is 28.8 Å². The predicted molar refractivity (Wildman–Crippen MR) is 217 cm³/mol. The number of hydrogen-bond donors (Lipinski definition) is 0. The minimum Gasteiger partial charge on any atom is -0.469 e. The Hall–Kier alpha value is -3.30. The molecule has 15 nitrogen and oxygen atoms in total. The molecule has 1 aliphatic rings. The Kier molecular flexibility index (Phi) is 28.7. The molecule has 1 amide bonds. The van der Waals surface area contributed by atoms with Gasteiger partial charge in [0.15, 0.2) is 24.6 Å². The van der Waals surface area contributed by atoms with Gasteiger partial charge in [-0.05, 0) is 12.8 Å². The number of hydrogen-bond acceptors (Lipinski definition) is 14. The molecular formula is C43H76N2O13. The van der Waals surface area contributed by atoms with Crippen molar-refractivity contribution < 1.29 is 61.9 Å². The highest BCUT2D eigenvalue weighted by molar-refractivity contribution is 5.73. The van der Waals surface area contributed by atoms with Crippen LogP contribution in [0.3, 0.4) is 0 Å². The summed E-state index contributed by atoms with van der Waals surface area (Å²) in [6.07, 6.45) is 11.8. The summed E-state index contributed by atoms with van der Waals surface area (Å²) in [5, 5.41) is 0. The zero-order chi connectivity index (χ0) is 43.3. The van der Waals surface area contributed by atoms with E-state index in [0.717, 1.165) is 38.5 Å². The van der Waals surface area contributed by atoms with Gasteiger partial charge in [-0.2, -0.15) is 0 Å². The Morgan fingerprint density at radius 1 is 0.569 bits per heavy atom. The van der Waals surface area contributed by atoms with Gasteiger partial charge in [-0.3, -0.25) is 33.7 Å². The van der Waals surface area contributed by atoms with Gasteiger partial charge < -0.3 is 38.1 Å². The Morgan fingerprint density at radius 2 is 1.00 bits per heavy atom. The Labute approximate surface area is 347 Å². The van der Waals surface area contributed by atoms with Crippen LogP contribution >= 0.6 is 0 Å². The molecule has 58 heavy (non-hydrogen) atoms. The molecule has 1 saturated heterocycles.